The first-order valence-electron chi connectivity index (χ1n) is 13.0. The molecule has 2 heterocycles. The Morgan fingerprint density at radius 3 is 2.84 bits per heavy atom. The average Bonchev–Trinajstić information content (AvgIpc) is 3.11. The molecule has 1 unspecified atom stereocenters. The van der Waals surface area contributed by atoms with E-state index in [0.717, 1.165) is 24.1 Å². The summed E-state index contributed by atoms with van der Waals surface area (Å²) in [6.07, 6.45) is 4.53. The van der Waals surface area contributed by atoms with Crippen molar-refractivity contribution in [3.05, 3.63) is 53.2 Å². The summed E-state index contributed by atoms with van der Waals surface area (Å²) >= 11 is 0. The van der Waals surface area contributed by atoms with Crippen molar-refractivity contribution in [2.45, 2.75) is 38.2 Å². The Bertz CT molecular complexity index is 1350. The van der Waals surface area contributed by atoms with Crippen LogP contribution in [0.4, 0.5) is 5.69 Å². The molecule has 0 amide bonds. The van der Waals surface area contributed by atoms with Gasteiger partial charge < -0.3 is 24.9 Å². The maximum absolute atomic E-state index is 12.9. The monoisotopic (exact) mass is 528 g/mol. The van der Waals surface area contributed by atoms with Crippen molar-refractivity contribution in [2.24, 2.45) is 0 Å². The molecule has 1 aromatic heterocycles. The first-order valence-corrected chi connectivity index (χ1v) is 14.4. The van der Waals surface area contributed by atoms with E-state index in [-0.39, 0.29) is 0 Å². The van der Waals surface area contributed by atoms with Crippen LogP contribution >= 0.6 is 0 Å². The van der Waals surface area contributed by atoms with Gasteiger partial charge in [0, 0.05) is 62.8 Å². The molecule has 1 atom stereocenters. The van der Waals surface area contributed by atoms with Crippen LogP contribution in [0.2, 0.25) is 0 Å². The number of rotatable bonds is 9. The maximum atomic E-state index is 12.9. The number of aryl methyl sites for hydroxylation is 2. The molecule has 9 nitrogen and oxygen atoms in total. The Balaban J connectivity index is 1.17. The third-order valence-electron chi connectivity index (χ3n) is 7.09. The molecule has 0 saturated carbocycles. The number of ether oxygens (including phenoxy) is 2. The first-order chi connectivity index (χ1) is 17.8. The highest BCUT2D eigenvalue weighted by molar-refractivity contribution is 7.90. The van der Waals surface area contributed by atoms with Gasteiger partial charge in [-0.05, 0) is 61.1 Å². The summed E-state index contributed by atoms with van der Waals surface area (Å²) in [4.78, 5) is 3.55. The number of hydrogen-bond donors (Lipinski definition) is 3. The summed E-state index contributed by atoms with van der Waals surface area (Å²) in [5, 5.41) is 15.3. The van der Waals surface area contributed by atoms with Crippen LogP contribution in [-0.2, 0) is 23.1 Å². The molecule has 5 rings (SSSR count). The third kappa shape index (κ3) is 5.43. The zero-order chi connectivity index (χ0) is 26.0. The van der Waals surface area contributed by atoms with Crippen molar-refractivity contribution < 1.29 is 23.0 Å². The lowest BCUT2D eigenvalue weighted by atomic mass is 9.96. The fraction of sp³-hybridized carbons (Fsp3) is 0.481. The predicted octanol–water partition coefficient (Wildman–Crippen LogP) is 3.14. The van der Waals surface area contributed by atoms with E-state index in [0.29, 0.717) is 56.3 Å². The highest BCUT2D eigenvalue weighted by Crippen LogP contribution is 2.36. The second-order valence-corrected chi connectivity index (χ2v) is 11.9. The Labute approximate surface area is 218 Å². The number of hydrogen-bond acceptors (Lipinski definition) is 6. The number of anilines is 1. The molecule has 2 aliphatic rings. The summed E-state index contributed by atoms with van der Waals surface area (Å²) in [6.45, 7) is 2.09. The molecule has 2 aromatic carbocycles. The fourth-order valence-corrected chi connectivity index (χ4v) is 6.23. The standard InChI is InChI=1S/C27H36N4O5S/c1-30(2)37(33,34)31-13-5-14-36-27-11-8-19(16-25(27)31)26(32)18-28-12-15-35-20-9-10-22-21-6-3-4-7-23(21)29-24(22)17-20/h8-11,16-17,26,28-29,32H,3-7,12-15,18H2,1-2H3. The average molecular weight is 529 g/mol. The van der Waals surface area contributed by atoms with Gasteiger partial charge in [-0.25, -0.2) is 0 Å². The summed E-state index contributed by atoms with van der Waals surface area (Å²) in [5.74, 6) is 1.32. The number of fused-ring (bicyclic) bond motifs is 4. The second-order valence-electron chi connectivity index (χ2n) is 9.86. The van der Waals surface area contributed by atoms with Crippen molar-refractivity contribution in [1.82, 2.24) is 14.6 Å². The smallest absolute Gasteiger partial charge is 0.303 e. The van der Waals surface area contributed by atoms with E-state index in [9.17, 15) is 13.5 Å². The van der Waals surface area contributed by atoms with Crippen LogP contribution in [0, 0.1) is 0 Å². The summed E-state index contributed by atoms with van der Waals surface area (Å²) < 4.78 is 40.0. The summed E-state index contributed by atoms with van der Waals surface area (Å²) in [7, 11) is -0.656. The zero-order valence-corrected chi connectivity index (χ0v) is 22.3. The third-order valence-corrected chi connectivity index (χ3v) is 8.95. The Morgan fingerprint density at radius 2 is 2.00 bits per heavy atom. The maximum Gasteiger partial charge on any atom is 0.303 e. The normalized spacial score (nSPS) is 16.7. The molecule has 3 aromatic rings. The Kier molecular flexibility index (Phi) is 7.62. The van der Waals surface area contributed by atoms with Crippen molar-refractivity contribution >= 4 is 26.8 Å². The molecular weight excluding hydrogens is 492 g/mol. The lowest BCUT2D eigenvalue weighted by Crippen LogP contribution is -2.40. The molecular formula is C27H36N4O5S. The highest BCUT2D eigenvalue weighted by Gasteiger charge is 2.29. The number of aromatic amines is 1. The van der Waals surface area contributed by atoms with Gasteiger partial charge in [0.2, 0.25) is 0 Å². The lowest BCUT2D eigenvalue weighted by Gasteiger charge is -2.27. The van der Waals surface area contributed by atoms with Crippen LogP contribution in [0.15, 0.2) is 36.4 Å². The van der Waals surface area contributed by atoms with E-state index in [1.165, 1.54) is 52.2 Å². The molecule has 200 valence electrons. The SMILES string of the molecule is CN(C)S(=O)(=O)N1CCCOc2ccc(C(O)CNCCOc3ccc4c5c([nH]c4c3)CCCC5)cc21. The molecule has 0 saturated heterocycles. The first kappa shape index (κ1) is 25.8. The topological polar surface area (TPSA) is 107 Å². The Morgan fingerprint density at radius 1 is 1.16 bits per heavy atom. The zero-order valence-electron chi connectivity index (χ0n) is 21.5. The van der Waals surface area contributed by atoms with Gasteiger partial charge in [-0.15, -0.1) is 0 Å². The van der Waals surface area contributed by atoms with E-state index in [1.807, 2.05) is 6.07 Å². The van der Waals surface area contributed by atoms with E-state index < -0.39 is 16.3 Å². The molecule has 0 radical (unpaired) electrons. The molecule has 3 N–H and O–H groups in total. The van der Waals surface area contributed by atoms with Crippen molar-refractivity contribution in [3.8, 4) is 11.5 Å². The number of aromatic nitrogens is 1. The van der Waals surface area contributed by atoms with Gasteiger partial charge in [-0.2, -0.15) is 12.7 Å². The van der Waals surface area contributed by atoms with Crippen LogP contribution in [0.3, 0.4) is 0 Å². The van der Waals surface area contributed by atoms with Crippen molar-refractivity contribution in [3.63, 3.8) is 0 Å². The fourth-order valence-electron chi connectivity index (χ4n) is 5.09. The van der Waals surface area contributed by atoms with Crippen molar-refractivity contribution in [1.29, 1.82) is 0 Å². The van der Waals surface area contributed by atoms with Gasteiger partial charge in [0.05, 0.1) is 18.4 Å². The minimum Gasteiger partial charge on any atom is -0.492 e. The van der Waals surface area contributed by atoms with E-state index in [4.69, 9.17) is 9.47 Å². The number of aliphatic hydroxyl groups excluding tert-OH is 1. The largest absolute Gasteiger partial charge is 0.492 e. The minimum absolute atomic E-state index is 0.311. The molecule has 10 heteroatoms. The van der Waals surface area contributed by atoms with Gasteiger partial charge >= 0.3 is 10.2 Å². The summed E-state index contributed by atoms with van der Waals surface area (Å²) in [5.41, 5.74) is 5.02. The number of benzene rings is 2. The van der Waals surface area contributed by atoms with Gasteiger partial charge in [0.1, 0.15) is 18.1 Å². The van der Waals surface area contributed by atoms with Crippen LogP contribution in [0.1, 0.15) is 42.2 Å². The lowest BCUT2D eigenvalue weighted by molar-refractivity contribution is 0.172. The van der Waals surface area contributed by atoms with Crippen LogP contribution < -0.4 is 19.1 Å². The second kappa shape index (κ2) is 10.9. The van der Waals surface area contributed by atoms with Crippen LogP contribution in [-0.4, -0.2) is 69.8 Å². The van der Waals surface area contributed by atoms with Gasteiger partial charge in [0.25, 0.3) is 0 Å². The number of aliphatic hydroxyl groups is 1. The molecule has 0 fully saturated rings. The minimum atomic E-state index is -3.67. The number of nitrogens with zero attached hydrogens (tertiary/aromatic N) is 2. The molecule has 1 aliphatic heterocycles. The molecule has 0 bridgehead atoms. The van der Waals surface area contributed by atoms with Gasteiger partial charge in [0.15, 0.2) is 0 Å². The van der Waals surface area contributed by atoms with Crippen LogP contribution in [0.25, 0.3) is 10.9 Å². The van der Waals surface area contributed by atoms with Crippen LogP contribution in [0.5, 0.6) is 11.5 Å². The molecule has 1 aliphatic carbocycles. The Hall–Kier alpha value is -2.79. The molecule has 37 heavy (non-hydrogen) atoms. The number of nitrogens with one attached hydrogen (secondary N) is 2. The quantitative estimate of drug-likeness (QED) is 0.369. The van der Waals surface area contributed by atoms with E-state index in [2.05, 4.69) is 22.4 Å². The van der Waals surface area contributed by atoms with Gasteiger partial charge in [-0.1, -0.05) is 6.07 Å². The highest BCUT2D eigenvalue weighted by atomic mass is 32.2. The predicted molar refractivity (Wildman–Crippen MR) is 145 cm³/mol. The van der Waals surface area contributed by atoms with E-state index in [1.54, 1.807) is 18.2 Å². The van der Waals surface area contributed by atoms with Gasteiger partial charge in [-0.3, -0.25) is 4.31 Å². The van der Waals surface area contributed by atoms with Crippen molar-refractivity contribution in [2.75, 3.05) is 51.2 Å². The molecule has 0 spiro atoms. The van der Waals surface area contributed by atoms with E-state index >= 15 is 0 Å². The number of H-pyrrole nitrogens is 1. The summed E-state index contributed by atoms with van der Waals surface area (Å²) in [6, 6.07) is 11.4.